The summed E-state index contributed by atoms with van der Waals surface area (Å²) in [7, 11) is 1.31. The fourth-order valence-corrected chi connectivity index (χ4v) is 1.25. The molecule has 2 aromatic heterocycles. The molecule has 5 heteroatoms. The molecule has 16 heavy (non-hydrogen) atoms. The van der Waals surface area contributed by atoms with Crippen molar-refractivity contribution in [2.75, 3.05) is 7.11 Å². The summed E-state index contributed by atoms with van der Waals surface area (Å²) in [5.74, 6) is -0.479. The van der Waals surface area contributed by atoms with Gasteiger partial charge in [0, 0.05) is 18.0 Å². The maximum atomic E-state index is 11.3. The standard InChI is InChI=1S/C11H9N3O2/c1-16-11(15)10-5-9(13-7-14-10)8-3-2-4-12-6-8/h2-7H,1H3. The normalized spacial score (nSPS) is 9.81. The van der Waals surface area contributed by atoms with Crippen LogP contribution in [0.1, 0.15) is 10.5 Å². The molecule has 0 aliphatic carbocycles. The van der Waals surface area contributed by atoms with Crippen LogP contribution < -0.4 is 0 Å². The molecule has 2 heterocycles. The van der Waals surface area contributed by atoms with Gasteiger partial charge in [-0.1, -0.05) is 0 Å². The second-order valence-corrected chi connectivity index (χ2v) is 3.02. The van der Waals surface area contributed by atoms with E-state index in [2.05, 4.69) is 19.7 Å². The molecule has 0 spiro atoms. The van der Waals surface area contributed by atoms with Crippen molar-refractivity contribution in [3.8, 4) is 11.3 Å². The summed E-state index contributed by atoms with van der Waals surface area (Å²) < 4.78 is 4.58. The minimum Gasteiger partial charge on any atom is -0.464 e. The highest BCUT2D eigenvalue weighted by atomic mass is 16.5. The first-order chi connectivity index (χ1) is 7.81. The average Bonchev–Trinajstić information content (AvgIpc) is 2.39. The molecule has 0 atom stereocenters. The van der Waals surface area contributed by atoms with Crippen molar-refractivity contribution in [3.63, 3.8) is 0 Å². The van der Waals surface area contributed by atoms with E-state index in [1.165, 1.54) is 13.4 Å². The molecule has 0 saturated heterocycles. The molecule has 0 saturated carbocycles. The molecular formula is C11H9N3O2. The topological polar surface area (TPSA) is 65.0 Å². The number of methoxy groups -OCH3 is 1. The molecule has 2 aromatic rings. The van der Waals surface area contributed by atoms with Crippen LogP contribution in [0.5, 0.6) is 0 Å². The summed E-state index contributed by atoms with van der Waals surface area (Å²) in [6.07, 6.45) is 4.67. The highest BCUT2D eigenvalue weighted by Crippen LogP contribution is 2.15. The molecule has 0 unspecified atom stereocenters. The van der Waals surface area contributed by atoms with Gasteiger partial charge >= 0.3 is 5.97 Å². The summed E-state index contributed by atoms with van der Waals surface area (Å²) in [4.78, 5) is 23.1. The van der Waals surface area contributed by atoms with Gasteiger partial charge < -0.3 is 4.74 Å². The van der Waals surface area contributed by atoms with Gasteiger partial charge in [0.1, 0.15) is 6.33 Å². The van der Waals surface area contributed by atoms with E-state index in [0.717, 1.165) is 5.56 Å². The third kappa shape index (κ3) is 2.03. The highest BCUT2D eigenvalue weighted by Gasteiger charge is 2.09. The van der Waals surface area contributed by atoms with Gasteiger partial charge in [0.15, 0.2) is 5.69 Å². The summed E-state index contributed by atoms with van der Waals surface area (Å²) in [6.45, 7) is 0. The van der Waals surface area contributed by atoms with Crippen molar-refractivity contribution in [1.29, 1.82) is 0 Å². The number of carbonyl (C=O) groups excluding carboxylic acids is 1. The number of hydrogen-bond acceptors (Lipinski definition) is 5. The molecule has 80 valence electrons. The fraction of sp³-hybridized carbons (Fsp3) is 0.0909. The third-order valence-electron chi connectivity index (χ3n) is 2.02. The maximum absolute atomic E-state index is 11.3. The Kier molecular flexibility index (Phi) is 2.86. The van der Waals surface area contributed by atoms with Gasteiger partial charge in [-0.2, -0.15) is 0 Å². The van der Waals surface area contributed by atoms with Crippen molar-refractivity contribution in [2.24, 2.45) is 0 Å². The van der Waals surface area contributed by atoms with Crippen molar-refractivity contribution >= 4 is 5.97 Å². The first kappa shape index (κ1) is 10.2. The largest absolute Gasteiger partial charge is 0.464 e. The molecule has 0 aliphatic heterocycles. The lowest BCUT2D eigenvalue weighted by Gasteiger charge is -2.01. The van der Waals surface area contributed by atoms with E-state index in [1.54, 1.807) is 24.5 Å². The first-order valence-electron chi connectivity index (χ1n) is 4.62. The summed E-state index contributed by atoms with van der Waals surface area (Å²) in [5.41, 5.74) is 1.70. The number of esters is 1. The van der Waals surface area contributed by atoms with Crippen LogP contribution in [0, 0.1) is 0 Å². The van der Waals surface area contributed by atoms with Crippen molar-refractivity contribution in [2.45, 2.75) is 0 Å². The number of rotatable bonds is 2. The Balaban J connectivity index is 2.40. The van der Waals surface area contributed by atoms with E-state index >= 15 is 0 Å². The Morgan fingerprint density at radius 2 is 2.25 bits per heavy atom. The molecule has 0 aromatic carbocycles. The monoisotopic (exact) mass is 215 g/mol. The van der Waals surface area contributed by atoms with E-state index in [1.807, 2.05) is 6.07 Å². The van der Waals surface area contributed by atoms with Crippen molar-refractivity contribution in [3.05, 3.63) is 42.6 Å². The van der Waals surface area contributed by atoms with E-state index in [9.17, 15) is 4.79 Å². The van der Waals surface area contributed by atoms with Gasteiger partial charge in [-0.3, -0.25) is 4.98 Å². The number of hydrogen-bond donors (Lipinski definition) is 0. The van der Waals surface area contributed by atoms with Crippen LogP contribution in [0.25, 0.3) is 11.3 Å². The van der Waals surface area contributed by atoms with Crippen LogP contribution in [0.15, 0.2) is 36.9 Å². The molecule has 0 N–H and O–H groups in total. The van der Waals surface area contributed by atoms with Crippen molar-refractivity contribution in [1.82, 2.24) is 15.0 Å². The SMILES string of the molecule is COC(=O)c1cc(-c2cccnc2)ncn1. The number of pyridine rings is 1. The lowest BCUT2D eigenvalue weighted by Crippen LogP contribution is -2.04. The molecule has 2 rings (SSSR count). The predicted molar refractivity (Wildman–Crippen MR) is 56.6 cm³/mol. The smallest absolute Gasteiger partial charge is 0.356 e. The maximum Gasteiger partial charge on any atom is 0.356 e. The van der Waals surface area contributed by atoms with Gasteiger partial charge in [0.25, 0.3) is 0 Å². The Hall–Kier alpha value is -2.30. The molecule has 0 bridgehead atoms. The number of aromatic nitrogens is 3. The van der Waals surface area contributed by atoms with E-state index < -0.39 is 5.97 Å². The van der Waals surface area contributed by atoms with E-state index in [0.29, 0.717) is 5.69 Å². The van der Waals surface area contributed by atoms with Crippen molar-refractivity contribution < 1.29 is 9.53 Å². The minimum absolute atomic E-state index is 0.233. The summed E-state index contributed by atoms with van der Waals surface area (Å²) in [5, 5.41) is 0. The Morgan fingerprint density at radius 1 is 1.38 bits per heavy atom. The molecule has 0 aliphatic rings. The van der Waals surface area contributed by atoms with Crippen LogP contribution in [-0.2, 0) is 4.74 Å². The minimum atomic E-state index is -0.479. The second-order valence-electron chi connectivity index (χ2n) is 3.02. The van der Waals surface area contributed by atoms with Gasteiger partial charge in [-0.05, 0) is 18.2 Å². The average molecular weight is 215 g/mol. The summed E-state index contributed by atoms with van der Waals surface area (Å²) >= 11 is 0. The lowest BCUT2D eigenvalue weighted by atomic mass is 10.2. The fourth-order valence-electron chi connectivity index (χ4n) is 1.25. The van der Waals surface area contributed by atoms with Crippen LogP contribution in [0.2, 0.25) is 0 Å². The van der Waals surface area contributed by atoms with E-state index in [4.69, 9.17) is 0 Å². The lowest BCUT2D eigenvalue weighted by molar-refractivity contribution is 0.0594. The van der Waals surface area contributed by atoms with Gasteiger partial charge in [-0.15, -0.1) is 0 Å². The number of carbonyl (C=O) groups is 1. The third-order valence-corrected chi connectivity index (χ3v) is 2.02. The first-order valence-corrected chi connectivity index (χ1v) is 4.62. The van der Waals surface area contributed by atoms with Gasteiger partial charge in [0.2, 0.25) is 0 Å². The molecule has 5 nitrogen and oxygen atoms in total. The van der Waals surface area contributed by atoms with Crippen LogP contribution in [0.3, 0.4) is 0 Å². The van der Waals surface area contributed by atoms with Crippen LogP contribution in [-0.4, -0.2) is 28.0 Å². The quantitative estimate of drug-likeness (QED) is 0.707. The molecule has 0 fully saturated rings. The Morgan fingerprint density at radius 3 is 2.94 bits per heavy atom. The number of nitrogens with zero attached hydrogens (tertiary/aromatic N) is 3. The van der Waals surface area contributed by atoms with Gasteiger partial charge in [-0.25, -0.2) is 14.8 Å². The van der Waals surface area contributed by atoms with E-state index in [-0.39, 0.29) is 5.69 Å². The molecule has 0 amide bonds. The highest BCUT2D eigenvalue weighted by molar-refractivity contribution is 5.88. The van der Waals surface area contributed by atoms with Crippen LogP contribution in [0.4, 0.5) is 0 Å². The van der Waals surface area contributed by atoms with Gasteiger partial charge in [0.05, 0.1) is 12.8 Å². The zero-order valence-electron chi connectivity index (χ0n) is 8.62. The zero-order chi connectivity index (χ0) is 11.4. The zero-order valence-corrected chi connectivity index (χ0v) is 8.62. The Bertz CT molecular complexity index is 500. The Labute approximate surface area is 92.2 Å². The molecule has 0 radical (unpaired) electrons. The predicted octanol–water partition coefficient (Wildman–Crippen LogP) is 1.33. The van der Waals surface area contributed by atoms with Crippen LogP contribution >= 0.6 is 0 Å². The molecular weight excluding hydrogens is 206 g/mol. The summed E-state index contributed by atoms with van der Waals surface area (Å²) in [6, 6.07) is 5.23. The second kappa shape index (κ2) is 4.48. The number of ether oxygens (including phenoxy) is 1.